The number of pyridine rings is 1. The summed E-state index contributed by atoms with van der Waals surface area (Å²) in [5.74, 6) is 0.666. The van der Waals surface area contributed by atoms with E-state index in [2.05, 4.69) is 10.3 Å². The van der Waals surface area contributed by atoms with E-state index in [-0.39, 0.29) is 11.8 Å². The van der Waals surface area contributed by atoms with E-state index in [9.17, 15) is 15.2 Å². The molecule has 1 fully saturated rings. The maximum Gasteiger partial charge on any atom is 0.290 e. The van der Waals surface area contributed by atoms with Gasteiger partial charge in [-0.2, -0.15) is 0 Å². The zero-order valence-electron chi connectivity index (χ0n) is 10.3. The van der Waals surface area contributed by atoms with Gasteiger partial charge < -0.3 is 10.4 Å². The molecule has 0 amide bonds. The van der Waals surface area contributed by atoms with Crippen LogP contribution in [0.3, 0.4) is 0 Å². The molecule has 1 aromatic heterocycles. The van der Waals surface area contributed by atoms with Gasteiger partial charge in [-0.25, -0.2) is 4.98 Å². The SMILES string of the molecule is Cc1nc(NC2CCC(O)CC2)ccc1[N+](=O)[O-]. The Balaban J connectivity index is 2.02. The van der Waals surface area contributed by atoms with Crippen molar-refractivity contribution in [3.05, 3.63) is 27.9 Å². The standard InChI is InChI=1S/C12H17N3O3/c1-8-11(15(17)18)6-7-12(13-8)14-9-2-4-10(16)5-3-9/h6-7,9-10,16H,2-5H2,1H3,(H,13,14). The molecule has 98 valence electrons. The predicted molar refractivity (Wildman–Crippen MR) is 67.5 cm³/mol. The summed E-state index contributed by atoms with van der Waals surface area (Å²) in [7, 11) is 0. The molecule has 0 aliphatic heterocycles. The normalized spacial score (nSPS) is 23.7. The second-order valence-electron chi connectivity index (χ2n) is 4.71. The Morgan fingerprint density at radius 3 is 2.61 bits per heavy atom. The van der Waals surface area contributed by atoms with Gasteiger partial charge in [0.2, 0.25) is 0 Å². The number of aliphatic hydroxyl groups excluding tert-OH is 1. The van der Waals surface area contributed by atoms with Gasteiger partial charge in [-0.15, -0.1) is 0 Å². The number of nitrogens with zero attached hydrogens (tertiary/aromatic N) is 2. The van der Waals surface area contributed by atoms with Crippen LogP contribution in [0.4, 0.5) is 11.5 Å². The van der Waals surface area contributed by atoms with Crippen LogP contribution in [0.25, 0.3) is 0 Å². The van der Waals surface area contributed by atoms with Crippen molar-refractivity contribution in [3.8, 4) is 0 Å². The smallest absolute Gasteiger partial charge is 0.290 e. The van der Waals surface area contributed by atoms with E-state index in [0.29, 0.717) is 17.6 Å². The summed E-state index contributed by atoms with van der Waals surface area (Å²) < 4.78 is 0. The van der Waals surface area contributed by atoms with Gasteiger partial charge in [0.05, 0.1) is 11.0 Å². The fourth-order valence-electron chi connectivity index (χ4n) is 2.26. The Kier molecular flexibility index (Phi) is 3.76. The topological polar surface area (TPSA) is 88.3 Å². The average molecular weight is 251 g/mol. The minimum atomic E-state index is -0.428. The number of nitro groups is 1. The van der Waals surface area contributed by atoms with Crippen LogP contribution in [0.15, 0.2) is 12.1 Å². The lowest BCUT2D eigenvalue weighted by molar-refractivity contribution is -0.385. The van der Waals surface area contributed by atoms with E-state index >= 15 is 0 Å². The van der Waals surface area contributed by atoms with Gasteiger partial charge in [-0.05, 0) is 38.7 Å². The summed E-state index contributed by atoms with van der Waals surface area (Å²) in [5, 5.41) is 23.4. The highest BCUT2D eigenvalue weighted by molar-refractivity contribution is 5.45. The summed E-state index contributed by atoms with van der Waals surface area (Å²) >= 11 is 0. The van der Waals surface area contributed by atoms with Crippen molar-refractivity contribution in [2.45, 2.75) is 44.8 Å². The number of anilines is 1. The third-order valence-electron chi connectivity index (χ3n) is 3.30. The lowest BCUT2D eigenvalue weighted by Gasteiger charge is -2.26. The minimum absolute atomic E-state index is 0.0413. The third kappa shape index (κ3) is 2.95. The van der Waals surface area contributed by atoms with Crippen molar-refractivity contribution >= 4 is 11.5 Å². The molecule has 18 heavy (non-hydrogen) atoms. The number of rotatable bonds is 3. The quantitative estimate of drug-likeness (QED) is 0.633. The highest BCUT2D eigenvalue weighted by Gasteiger charge is 2.20. The lowest BCUT2D eigenvalue weighted by Crippen LogP contribution is -2.28. The van der Waals surface area contributed by atoms with Crippen molar-refractivity contribution in [1.82, 2.24) is 4.98 Å². The Labute approximate surface area is 105 Å². The Bertz CT molecular complexity index is 442. The van der Waals surface area contributed by atoms with Crippen LogP contribution in [-0.4, -0.2) is 27.2 Å². The van der Waals surface area contributed by atoms with E-state index in [4.69, 9.17) is 0 Å². The molecule has 2 N–H and O–H groups in total. The molecule has 1 heterocycles. The molecule has 0 bridgehead atoms. The van der Waals surface area contributed by atoms with Gasteiger partial charge in [0.15, 0.2) is 0 Å². The Morgan fingerprint density at radius 1 is 1.39 bits per heavy atom. The first-order chi connectivity index (χ1) is 8.56. The molecule has 0 saturated heterocycles. The van der Waals surface area contributed by atoms with E-state index in [1.807, 2.05) is 0 Å². The number of aliphatic hydroxyl groups is 1. The van der Waals surface area contributed by atoms with Gasteiger partial charge in [0.25, 0.3) is 5.69 Å². The molecule has 6 nitrogen and oxygen atoms in total. The molecule has 1 aromatic rings. The summed E-state index contributed by atoms with van der Waals surface area (Å²) in [4.78, 5) is 14.4. The Hall–Kier alpha value is -1.69. The molecule has 0 spiro atoms. The second-order valence-corrected chi connectivity index (χ2v) is 4.71. The van der Waals surface area contributed by atoms with Gasteiger partial charge in [-0.1, -0.05) is 0 Å². The fourth-order valence-corrected chi connectivity index (χ4v) is 2.26. The number of hydrogen-bond acceptors (Lipinski definition) is 5. The average Bonchev–Trinajstić information content (AvgIpc) is 2.32. The van der Waals surface area contributed by atoms with Gasteiger partial charge in [0.1, 0.15) is 11.5 Å². The van der Waals surface area contributed by atoms with Crippen molar-refractivity contribution in [2.24, 2.45) is 0 Å². The number of nitrogens with one attached hydrogen (secondary N) is 1. The van der Waals surface area contributed by atoms with Crippen LogP contribution in [0.5, 0.6) is 0 Å². The predicted octanol–water partition coefficient (Wildman–Crippen LogP) is 2.01. The van der Waals surface area contributed by atoms with Gasteiger partial charge in [-0.3, -0.25) is 10.1 Å². The van der Waals surface area contributed by atoms with Gasteiger partial charge in [0, 0.05) is 12.1 Å². The molecule has 0 aromatic carbocycles. The fraction of sp³-hybridized carbons (Fsp3) is 0.583. The van der Waals surface area contributed by atoms with E-state index < -0.39 is 4.92 Å². The monoisotopic (exact) mass is 251 g/mol. The van der Waals surface area contributed by atoms with E-state index in [0.717, 1.165) is 25.7 Å². The highest BCUT2D eigenvalue weighted by atomic mass is 16.6. The molecule has 0 unspecified atom stereocenters. The molecule has 6 heteroatoms. The van der Waals surface area contributed by atoms with Crippen LogP contribution in [-0.2, 0) is 0 Å². The maximum absolute atomic E-state index is 10.7. The van der Waals surface area contributed by atoms with Crippen molar-refractivity contribution < 1.29 is 10.0 Å². The van der Waals surface area contributed by atoms with Crippen molar-refractivity contribution in [2.75, 3.05) is 5.32 Å². The first-order valence-electron chi connectivity index (χ1n) is 6.13. The largest absolute Gasteiger partial charge is 0.393 e. The first-order valence-corrected chi connectivity index (χ1v) is 6.13. The summed E-state index contributed by atoms with van der Waals surface area (Å²) in [5.41, 5.74) is 0.459. The molecule has 2 rings (SSSR count). The highest BCUT2D eigenvalue weighted by Crippen LogP contribution is 2.23. The lowest BCUT2D eigenvalue weighted by atomic mass is 9.93. The van der Waals surface area contributed by atoms with Crippen LogP contribution in [0, 0.1) is 17.0 Å². The number of aromatic nitrogens is 1. The van der Waals surface area contributed by atoms with E-state index in [1.54, 1.807) is 13.0 Å². The van der Waals surface area contributed by atoms with Crippen molar-refractivity contribution in [3.63, 3.8) is 0 Å². The second kappa shape index (κ2) is 5.30. The zero-order valence-corrected chi connectivity index (χ0v) is 10.3. The minimum Gasteiger partial charge on any atom is -0.393 e. The Morgan fingerprint density at radius 2 is 2.06 bits per heavy atom. The third-order valence-corrected chi connectivity index (χ3v) is 3.30. The molecular weight excluding hydrogens is 234 g/mol. The van der Waals surface area contributed by atoms with Crippen LogP contribution in [0.1, 0.15) is 31.4 Å². The number of hydrogen-bond donors (Lipinski definition) is 2. The summed E-state index contributed by atoms with van der Waals surface area (Å²) in [6.45, 7) is 1.63. The molecule has 0 atom stereocenters. The van der Waals surface area contributed by atoms with E-state index in [1.165, 1.54) is 6.07 Å². The molecule has 1 saturated carbocycles. The van der Waals surface area contributed by atoms with Gasteiger partial charge >= 0.3 is 0 Å². The molecule has 1 aliphatic carbocycles. The summed E-state index contributed by atoms with van der Waals surface area (Å²) in [6, 6.07) is 3.40. The summed E-state index contributed by atoms with van der Waals surface area (Å²) in [6.07, 6.45) is 3.21. The molecule has 1 aliphatic rings. The molecule has 0 radical (unpaired) electrons. The molecular formula is C12H17N3O3. The first kappa shape index (κ1) is 12.8. The number of aryl methyl sites for hydroxylation is 1. The van der Waals surface area contributed by atoms with Crippen LogP contribution >= 0.6 is 0 Å². The maximum atomic E-state index is 10.7. The van der Waals surface area contributed by atoms with Crippen LogP contribution < -0.4 is 5.32 Å². The van der Waals surface area contributed by atoms with Crippen LogP contribution in [0.2, 0.25) is 0 Å². The zero-order chi connectivity index (χ0) is 13.1. The van der Waals surface area contributed by atoms with Crippen molar-refractivity contribution in [1.29, 1.82) is 0 Å².